The van der Waals surface area contributed by atoms with Crippen LogP contribution in [0.15, 0.2) is 35.4 Å². The maximum absolute atomic E-state index is 12.3. The largest absolute Gasteiger partial charge is 0.500 e. The molecular weight excluding hydrogens is 370 g/mol. The summed E-state index contributed by atoms with van der Waals surface area (Å²) in [7, 11) is 2.91. The minimum atomic E-state index is -0.740. The third-order valence-electron chi connectivity index (χ3n) is 3.61. The number of ether oxygens (including phenoxy) is 3. The van der Waals surface area contributed by atoms with Crippen LogP contribution >= 0.6 is 0 Å². The van der Waals surface area contributed by atoms with Crippen molar-refractivity contribution in [1.82, 2.24) is 5.43 Å². The highest BCUT2D eigenvalue weighted by molar-refractivity contribution is 5.97. The van der Waals surface area contributed by atoms with Gasteiger partial charge in [0.25, 0.3) is 5.91 Å². The molecule has 0 bridgehead atoms. The average molecular weight is 389 g/mol. The zero-order valence-electron chi connectivity index (χ0n) is 15.5. The molecule has 2 rings (SSSR count). The van der Waals surface area contributed by atoms with Gasteiger partial charge >= 0.3 is 5.69 Å². The van der Waals surface area contributed by atoms with Crippen molar-refractivity contribution in [3.05, 3.63) is 51.6 Å². The number of benzene rings is 2. The van der Waals surface area contributed by atoms with Crippen molar-refractivity contribution in [1.29, 1.82) is 0 Å². The molecule has 0 saturated heterocycles. The second-order valence-corrected chi connectivity index (χ2v) is 5.34. The van der Waals surface area contributed by atoms with Crippen LogP contribution in [0.2, 0.25) is 0 Å². The van der Waals surface area contributed by atoms with Gasteiger partial charge < -0.3 is 19.3 Å². The molecule has 0 fully saturated rings. The lowest BCUT2D eigenvalue weighted by molar-refractivity contribution is -0.386. The Morgan fingerprint density at radius 1 is 1.25 bits per heavy atom. The van der Waals surface area contributed by atoms with Gasteiger partial charge in [-0.15, -0.1) is 0 Å². The lowest BCUT2D eigenvalue weighted by atomic mass is 10.2. The number of carbonyl (C=O) groups is 1. The number of rotatable bonds is 8. The SMILES string of the molecule is CCOc1cc(C=NNC(=O)c2ccc(OC)cc2OC)cc([N+](=O)[O-])c1O. The standard InChI is InChI=1S/C18H19N3O7/c1-4-28-16-8-11(7-14(17(16)22)21(24)25)10-19-20-18(23)13-6-5-12(26-2)9-15(13)27-3/h5-10,22H,4H2,1-3H3,(H,20,23). The van der Waals surface area contributed by atoms with Crippen LogP contribution in [0.1, 0.15) is 22.8 Å². The van der Waals surface area contributed by atoms with Crippen LogP contribution in [0, 0.1) is 10.1 Å². The fourth-order valence-electron chi connectivity index (χ4n) is 2.30. The van der Waals surface area contributed by atoms with E-state index in [-0.39, 0.29) is 23.5 Å². The highest BCUT2D eigenvalue weighted by Crippen LogP contribution is 2.36. The summed E-state index contributed by atoms with van der Waals surface area (Å²) >= 11 is 0. The number of methoxy groups -OCH3 is 2. The molecule has 0 atom stereocenters. The van der Waals surface area contributed by atoms with Crippen LogP contribution in [0.4, 0.5) is 5.69 Å². The fourth-order valence-corrected chi connectivity index (χ4v) is 2.30. The Hall–Kier alpha value is -3.82. The van der Waals surface area contributed by atoms with E-state index in [0.717, 1.165) is 6.07 Å². The first kappa shape index (κ1) is 20.5. The van der Waals surface area contributed by atoms with Gasteiger partial charge in [-0.1, -0.05) is 0 Å². The van der Waals surface area contributed by atoms with Crippen molar-refractivity contribution in [3.8, 4) is 23.0 Å². The number of carbonyl (C=O) groups excluding carboxylic acids is 1. The van der Waals surface area contributed by atoms with Crippen LogP contribution in [-0.4, -0.2) is 43.0 Å². The van der Waals surface area contributed by atoms with Crippen LogP contribution in [0.3, 0.4) is 0 Å². The first-order valence-electron chi connectivity index (χ1n) is 8.10. The monoisotopic (exact) mass is 389 g/mol. The van der Waals surface area contributed by atoms with Gasteiger partial charge in [0.05, 0.1) is 37.5 Å². The van der Waals surface area contributed by atoms with Crippen molar-refractivity contribution in [2.24, 2.45) is 5.10 Å². The molecule has 0 aliphatic heterocycles. The molecule has 0 saturated carbocycles. The summed E-state index contributed by atoms with van der Waals surface area (Å²) in [5.41, 5.74) is 2.27. The van der Waals surface area contributed by atoms with Crippen molar-refractivity contribution in [2.45, 2.75) is 6.92 Å². The second-order valence-electron chi connectivity index (χ2n) is 5.34. The van der Waals surface area contributed by atoms with Gasteiger partial charge in [-0.3, -0.25) is 14.9 Å². The van der Waals surface area contributed by atoms with E-state index >= 15 is 0 Å². The molecule has 10 nitrogen and oxygen atoms in total. The number of nitrogens with zero attached hydrogens (tertiary/aromatic N) is 2. The Balaban J connectivity index is 2.22. The summed E-state index contributed by atoms with van der Waals surface area (Å²) in [6.07, 6.45) is 1.20. The number of hydrogen-bond acceptors (Lipinski definition) is 8. The summed E-state index contributed by atoms with van der Waals surface area (Å²) in [6.45, 7) is 1.88. The van der Waals surface area contributed by atoms with E-state index in [2.05, 4.69) is 10.5 Å². The Morgan fingerprint density at radius 3 is 2.61 bits per heavy atom. The van der Waals surface area contributed by atoms with E-state index in [9.17, 15) is 20.0 Å². The number of nitro groups is 1. The number of hydrogen-bond donors (Lipinski definition) is 2. The summed E-state index contributed by atoms with van der Waals surface area (Å²) < 4.78 is 15.4. The number of phenolic OH excluding ortho intramolecular Hbond substituents is 1. The van der Waals surface area contributed by atoms with Gasteiger partial charge in [-0.25, -0.2) is 5.43 Å². The van der Waals surface area contributed by atoms with E-state index in [4.69, 9.17) is 14.2 Å². The van der Waals surface area contributed by atoms with Crippen molar-refractivity contribution < 1.29 is 29.0 Å². The number of nitro benzene ring substituents is 1. The number of hydrazone groups is 1. The number of phenols is 1. The summed E-state index contributed by atoms with van der Waals surface area (Å²) in [5.74, 6) is -0.353. The predicted octanol–water partition coefficient (Wildman–Crippen LogP) is 2.48. The van der Waals surface area contributed by atoms with Gasteiger partial charge in [0.15, 0.2) is 5.75 Å². The normalized spacial score (nSPS) is 10.5. The Kier molecular flexibility index (Phi) is 6.74. The Bertz CT molecular complexity index is 912. The molecular formula is C18H19N3O7. The topological polar surface area (TPSA) is 133 Å². The van der Waals surface area contributed by atoms with Crippen LogP contribution < -0.4 is 19.6 Å². The third-order valence-corrected chi connectivity index (χ3v) is 3.61. The molecule has 0 spiro atoms. The van der Waals surface area contributed by atoms with Gasteiger partial charge in [0, 0.05) is 17.7 Å². The first-order valence-corrected chi connectivity index (χ1v) is 8.10. The Morgan fingerprint density at radius 2 is 2.00 bits per heavy atom. The molecule has 2 aromatic rings. The molecule has 1 amide bonds. The van der Waals surface area contributed by atoms with Crippen molar-refractivity contribution >= 4 is 17.8 Å². The lowest BCUT2D eigenvalue weighted by Crippen LogP contribution is -2.18. The van der Waals surface area contributed by atoms with Crippen molar-refractivity contribution in [2.75, 3.05) is 20.8 Å². The molecule has 0 aliphatic rings. The number of nitrogens with one attached hydrogen (secondary N) is 1. The zero-order valence-corrected chi connectivity index (χ0v) is 15.5. The molecule has 0 aromatic heterocycles. The minimum Gasteiger partial charge on any atom is -0.500 e. The quantitative estimate of drug-likeness (QED) is 0.402. The Labute approximate surface area is 160 Å². The van der Waals surface area contributed by atoms with Crippen molar-refractivity contribution in [3.63, 3.8) is 0 Å². The molecule has 28 heavy (non-hydrogen) atoms. The highest BCUT2D eigenvalue weighted by atomic mass is 16.6. The highest BCUT2D eigenvalue weighted by Gasteiger charge is 2.20. The number of amides is 1. The molecule has 0 heterocycles. The van der Waals surface area contributed by atoms with E-state index in [1.165, 1.54) is 32.6 Å². The number of aromatic hydroxyl groups is 1. The van der Waals surface area contributed by atoms with Crippen LogP contribution in [0.25, 0.3) is 0 Å². The van der Waals surface area contributed by atoms with E-state index in [0.29, 0.717) is 11.5 Å². The lowest BCUT2D eigenvalue weighted by Gasteiger charge is -2.09. The van der Waals surface area contributed by atoms with Gasteiger partial charge in [0.2, 0.25) is 5.75 Å². The van der Waals surface area contributed by atoms with E-state index in [1.807, 2.05) is 0 Å². The molecule has 10 heteroatoms. The van der Waals surface area contributed by atoms with Gasteiger partial charge in [0.1, 0.15) is 11.5 Å². The molecule has 2 N–H and O–H groups in total. The maximum atomic E-state index is 12.3. The van der Waals surface area contributed by atoms with Gasteiger partial charge in [-0.05, 0) is 25.1 Å². The summed E-state index contributed by atoms with van der Waals surface area (Å²) in [6, 6.07) is 7.15. The molecule has 0 radical (unpaired) electrons. The fraction of sp³-hybridized carbons (Fsp3) is 0.222. The smallest absolute Gasteiger partial charge is 0.315 e. The van der Waals surface area contributed by atoms with Crippen LogP contribution in [-0.2, 0) is 0 Å². The third kappa shape index (κ3) is 4.67. The average Bonchev–Trinajstić information content (AvgIpc) is 2.69. The van der Waals surface area contributed by atoms with Crippen LogP contribution in [0.5, 0.6) is 23.0 Å². The molecule has 0 unspecified atom stereocenters. The molecule has 0 aliphatic carbocycles. The zero-order chi connectivity index (χ0) is 20.7. The first-order chi connectivity index (χ1) is 13.4. The second kappa shape index (κ2) is 9.21. The van der Waals surface area contributed by atoms with E-state index in [1.54, 1.807) is 19.1 Å². The predicted molar refractivity (Wildman–Crippen MR) is 101 cm³/mol. The summed E-state index contributed by atoms with van der Waals surface area (Å²) in [5, 5.41) is 24.7. The summed E-state index contributed by atoms with van der Waals surface area (Å²) in [4.78, 5) is 22.6. The molecule has 148 valence electrons. The minimum absolute atomic E-state index is 0.0544. The van der Waals surface area contributed by atoms with E-state index < -0.39 is 22.3 Å². The maximum Gasteiger partial charge on any atom is 0.315 e. The molecule has 2 aromatic carbocycles. The van der Waals surface area contributed by atoms with Gasteiger partial charge in [-0.2, -0.15) is 5.10 Å².